The van der Waals surface area contributed by atoms with Crippen molar-refractivity contribution in [3.63, 3.8) is 0 Å². The van der Waals surface area contributed by atoms with E-state index < -0.39 is 20.0 Å². The Bertz CT molecular complexity index is 2600. The van der Waals surface area contributed by atoms with E-state index in [0.717, 1.165) is 41.9 Å². The fourth-order valence-electron chi connectivity index (χ4n) is 7.26. The van der Waals surface area contributed by atoms with Gasteiger partial charge in [-0.25, -0.2) is 36.8 Å². The molecule has 2 saturated heterocycles. The third kappa shape index (κ3) is 10.3. The summed E-state index contributed by atoms with van der Waals surface area (Å²) in [6.45, 7) is 9.42. The lowest BCUT2D eigenvalue weighted by Gasteiger charge is -2.41. The number of rotatable bonds is 11. The van der Waals surface area contributed by atoms with Crippen LogP contribution in [-0.2, 0) is 31.4 Å². The van der Waals surface area contributed by atoms with Crippen LogP contribution in [0.4, 0.5) is 23.0 Å². The number of hydrogen-bond donors (Lipinski definition) is 3. The molecular weight excluding hydrogens is 826 g/mol. The maximum absolute atomic E-state index is 13.1. The molecule has 0 bridgehead atoms. The Kier molecular flexibility index (Phi) is 13.1. The SMILES string of the molecule is C[C@@H]1CN(c2ccc(S(=O)(=O)Nc3ccncn3)cc2)CCN1.C[C@@H]1CN(c2ccc(S(=O)(=O)Nc3ccncn3)cc2)CCN1C(=O)CCn1ccc2cccc(Cl)c21. The van der Waals surface area contributed by atoms with Crippen molar-refractivity contribution in [1.29, 1.82) is 0 Å². The molecule has 0 saturated carbocycles. The van der Waals surface area contributed by atoms with Gasteiger partial charge in [-0.05, 0) is 86.6 Å². The number of carbonyl (C=O) groups excluding carboxylic acids is 1. The minimum atomic E-state index is -3.76. The molecule has 0 radical (unpaired) electrons. The molecule has 6 aromatic rings. The first-order chi connectivity index (χ1) is 28.9. The van der Waals surface area contributed by atoms with Gasteiger partial charge in [0.1, 0.15) is 24.3 Å². The number of benzene rings is 3. The van der Waals surface area contributed by atoms with Crippen LogP contribution >= 0.6 is 11.6 Å². The maximum atomic E-state index is 13.1. The molecule has 2 aliphatic rings. The first-order valence-electron chi connectivity index (χ1n) is 19.4. The van der Waals surface area contributed by atoms with Gasteiger partial charge < -0.3 is 24.6 Å². The molecule has 0 unspecified atom stereocenters. The zero-order valence-electron chi connectivity index (χ0n) is 33.1. The number of nitrogens with zero attached hydrogens (tertiary/aromatic N) is 8. The largest absolute Gasteiger partial charge is 0.369 e. The van der Waals surface area contributed by atoms with Crippen molar-refractivity contribution in [2.75, 3.05) is 58.5 Å². The first-order valence-corrected chi connectivity index (χ1v) is 22.7. The van der Waals surface area contributed by atoms with E-state index in [1.54, 1.807) is 36.4 Å². The van der Waals surface area contributed by atoms with Gasteiger partial charge in [-0.3, -0.25) is 14.2 Å². The van der Waals surface area contributed by atoms with Gasteiger partial charge in [-0.2, -0.15) is 0 Å². The van der Waals surface area contributed by atoms with Crippen LogP contribution in [-0.4, -0.2) is 103 Å². The summed E-state index contributed by atoms with van der Waals surface area (Å²) in [5, 5.41) is 5.13. The molecule has 2 atom stereocenters. The quantitative estimate of drug-likeness (QED) is 0.157. The molecule has 314 valence electrons. The highest BCUT2D eigenvalue weighted by Gasteiger charge is 2.28. The normalized spacial score (nSPS) is 17.1. The van der Waals surface area contributed by atoms with Crippen LogP contribution in [0.25, 0.3) is 10.9 Å². The van der Waals surface area contributed by atoms with E-state index in [4.69, 9.17) is 11.6 Å². The van der Waals surface area contributed by atoms with Crippen molar-refractivity contribution < 1.29 is 21.6 Å². The van der Waals surface area contributed by atoms with E-state index in [2.05, 4.69) is 51.4 Å². The van der Waals surface area contributed by atoms with Gasteiger partial charge in [0.2, 0.25) is 5.91 Å². The van der Waals surface area contributed by atoms with Crippen molar-refractivity contribution in [1.82, 2.24) is 34.7 Å². The molecule has 3 aromatic heterocycles. The Morgan fingerprint density at radius 1 is 0.750 bits per heavy atom. The van der Waals surface area contributed by atoms with Gasteiger partial charge >= 0.3 is 0 Å². The van der Waals surface area contributed by atoms with E-state index >= 15 is 0 Å². The molecule has 5 heterocycles. The van der Waals surface area contributed by atoms with E-state index in [0.29, 0.717) is 43.7 Å². The van der Waals surface area contributed by atoms with Crippen molar-refractivity contribution in [2.24, 2.45) is 0 Å². The Morgan fingerprint density at radius 3 is 1.87 bits per heavy atom. The number of amides is 1. The second kappa shape index (κ2) is 18.6. The van der Waals surface area contributed by atoms with Crippen LogP contribution in [0, 0.1) is 0 Å². The number of fused-ring (bicyclic) bond motifs is 1. The van der Waals surface area contributed by atoms with E-state index in [1.807, 2.05) is 59.0 Å². The van der Waals surface area contributed by atoms with Crippen molar-refractivity contribution in [3.8, 4) is 0 Å². The number of halogens is 1. The Morgan fingerprint density at radius 2 is 1.33 bits per heavy atom. The first kappa shape index (κ1) is 42.3. The van der Waals surface area contributed by atoms with Gasteiger partial charge in [-0.15, -0.1) is 0 Å². The van der Waals surface area contributed by atoms with E-state index in [1.165, 1.54) is 37.2 Å². The molecule has 3 N–H and O–H groups in total. The zero-order valence-corrected chi connectivity index (χ0v) is 35.5. The van der Waals surface area contributed by atoms with Crippen molar-refractivity contribution >= 4 is 71.5 Å². The minimum absolute atomic E-state index is 0.0223. The predicted octanol–water partition coefficient (Wildman–Crippen LogP) is 5.09. The fourth-order valence-corrected chi connectivity index (χ4v) is 9.56. The number of aromatic nitrogens is 5. The van der Waals surface area contributed by atoms with E-state index in [9.17, 15) is 21.6 Å². The molecule has 16 nitrogen and oxygen atoms in total. The third-order valence-electron chi connectivity index (χ3n) is 10.3. The monoisotopic (exact) mass is 871 g/mol. The molecule has 3 aromatic carbocycles. The van der Waals surface area contributed by atoms with Gasteiger partial charge in [0.15, 0.2) is 0 Å². The van der Waals surface area contributed by atoms with Gasteiger partial charge in [0.05, 0.1) is 20.3 Å². The number of sulfonamides is 2. The third-order valence-corrected chi connectivity index (χ3v) is 13.3. The lowest BCUT2D eigenvalue weighted by atomic mass is 10.1. The average molecular weight is 872 g/mol. The predicted molar refractivity (Wildman–Crippen MR) is 233 cm³/mol. The number of piperazine rings is 2. The van der Waals surface area contributed by atoms with Gasteiger partial charge in [-0.1, -0.05) is 23.7 Å². The van der Waals surface area contributed by atoms with Crippen LogP contribution in [0.1, 0.15) is 20.3 Å². The van der Waals surface area contributed by atoms with Crippen molar-refractivity contribution in [2.45, 2.75) is 48.7 Å². The molecular formula is C41H46ClN11O5S2. The molecule has 2 fully saturated rings. The standard InChI is InChI=1S/C26H27ClN6O3S.C15H19N5O2S/c1-19-17-32(21-5-7-22(8-6-21)37(35,36)30-24-9-12-28-18-29-24)15-16-33(19)25(34)11-14-31-13-10-20-3-2-4-23(27)26(20)31;1-12-10-20(9-8-17-12)13-2-4-14(5-3-13)23(21,22)19-15-6-7-16-11-18-15/h2-10,12-13,18-19H,11,14-17H2,1H3,(H,28,29,30);2-7,11-12,17H,8-10H2,1H3,(H,16,18,19)/t19-;12-/m11/s1. The average Bonchev–Trinajstić information content (AvgIpc) is 3.68. The van der Waals surface area contributed by atoms with Gasteiger partial charge in [0, 0.05) is 99.7 Å². The van der Waals surface area contributed by atoms with Crippen LogP contribution in [0.15, 0.2) is 126 Å². The summed E-state index contributed by atoms with van der Waals surface area (Å²) in [5.41, 5.74) is 2.89. The molecule has 0 spiro atoms. The Balaban J connectivity index is 0.000000203. The summed E-state index contributed by atoms with van der Waals surface area (Å²) in [6, 6.07) is 24.9. The number of hydrogen-bond acceptors (Lipinski definition) is 12. The molecule has 8 rings (SSSR count). The van der Waals surface area contributed by atoms with Crippen LogP contribution < -0.4 is 24.6 Å². The zero-order chi connectivity index (χ0) is 42.3. The minimum Gasteiger partial charge on any atom is -0.369 e. The Labute approximate surface area is 354 Å². The van der Waals surface area contributed by atoms with Gasteiger partial charge in [0.25, 0.3) is 20.0 Å². The second-order valence-electron chi connectivity index (χ2n) is 14.5. The lowest BCUT2D eigenvalue weighted by Crippen LogP contribution is -2.54. The number of carbonyl (C=O) groups is 1. The molecule has 19 heteroatoms. The summed E-state index contributed by atoms with van der Waals surface area (Å²) in [4.78, 5) is 35.1. The summed E-state index contributed by atoms with van der Waals surface area (Å²) >= 11 is 6.37. The lowest BCUT2D eigenvalue weighted by molar-refractivity contribution is -0.133. The summed E-state index contributed by atoms with van der Waals surface area (Å²) in [5.74, 6) is 0.569. The van der Waals surface area contributed by atoms with E-state index in [-0.39, 0.29) is 33.4 Å². The summed E-state index contributed by atoms with van der Waals surface area (Å²) < 4.78 is 56.9. The van der Waals surface area contributed by atoms with Crippen LogP contribution in [0.2, 0.25) is 5.02 Å². The topological polar surface area (TPSA) is 188 Å². The van der Waals surface area contributed by atoms with Crippen molar-refractivity contribution in [3.05, 3.63) is 121 Å². The highest BCUT2D eigenvalue weighted by molar-refractivity contribution is 7.93. The second-order valence-corrected chi connectivity index (χ2v) is 18.3. The maximum Gasteiger partial charge on any atom is 0.263 e. The number of aryl methyl sites for hydroxylation is 1. The fraction of sp³-hybridized carbons (Fsp3) is 0.293. The molecule has 2 aliphatic heterocycles. The highest BCUT2D eigenvalue weighted by Crippen LogP contribution is 2.26. The molecule has 1 amide bonds. The number of anilines is 4. The highest BCUT2D eigenvalue weighted by atomic mass is 35.5. The number of para-hydroxylation sites is 1. The summed E-state index contributed by atoms with van der Waals surface area (Å²) in [6.07, 6.45) is 7.90. The van der Waals surface area contributed by atoms with Crippen LogP contribution in [0.3, 0.4) is 0 Å². The summed E-state index contributed by atoms with van der Waals surface area (Å²) in [7, 11) is -7.40. The molecule has 60 heavy (non-hydrogen) atoms. The van der Waals surface area contributed by atoms with Crippen LogP contribution in [0.5, 0.6) is 0 Å². The smallest absolute Gasteiger partial charge is 0.263 e. The number of nitrogens with one attached hydrogen (secondary N) is 3. The Hall–Kier alpha value is -5.82. The molecule has 0 aliphatic carbocycles.